The van der Waals surface area contributed by atoms with Crippen LogP contribution in [0.3, 0.4) is 0 Å². The van der Waals surface area contributed by atoms with Gasteiger partial charge in [-0.1, -0.05) is 45.7 Å². The molecule has 0 aliphatic rings. The third-order valence-electron chi connectivity index (χ3n) is 2.40. The van der Waals surface area contributed by atoms with Crippen LogP contribution in [0.1, 0.15) is 17.4 Å². The van der Waals surface area contributed by atoms with Crippen LogP contribution >= 0.6 is 27.5 Å². The number of aliphatic hydroxyl groups excluding tert-OH is 1. The minimum Gasteiger partial charge on any atom is -0.382 e. The van der Waals surface area contributed by atoms with Gasteiger partial charge in [-0.3, -0.25) is 4.68 Å². The van der Waals surface area contributed by atoms with Crippen LogP contribution in [0, 0.1) is 0 Å². The van der Waals surface area contributed by atoms with Crippen LogP contribution in [0.4, 0.5) is 0 Å². The molecule has 1 N–H and O–H groups in total. The molecule has 0 fully saturated rings. The first-order valence-electron chi connectivity index (χ1n) is 4.71. The summed E-state index contributed by atoms with van der Waals surface area (Å²) in [5.41, 5.74) is 1.36. The van der Waals surface area contributed by atoms with Crippen molar-refractivity contribution in [1.29, 1.82) is 0 Å². The van der Waals surface area contributed by atoms with Gasteiger partial charge in [-0.2, -0.15) is 5.10 Å². The quantitative estimate of drug-likeness (QED) is 0.926. The van der Waals surface area contributed by atoms with Crippen LogP contribution in [0.2, 0.25) is 5.02 Å². The van der Waals surface area contributed by atoms with Crippen LogP contribution in [-0.2, 0) is 7.05 Å². The summed E-state index contributed by atoms with van der Waals surface area (Å²) < 4.78 is 2.42. The molecule has 1 heterocycles. The van der Waals surface area contributed by atoms with E-state index >= 15 is 0 Å². The first kappa shape index (κ1) is 11.6. The summed E-state index contributed by atoms with van der Waals surface area (Å²) in [4.78, 5) is 0. The predicted molar refractivity (Wildman–Crippen MR) is 66.4 cm³/mol. The van der Waals surface area contributed by atoms with Crippen LogP contribution in [-0.4, -0.2) is 14.9 Å². The molecule has 2 aromatic rings. The minimum absolute atomic E-state index is 0.464. The Hall–Kier alpha value is -0.840. The van der Waals surface area contributed by atoms with Gasteiger partial charge in [-0.05, 0) is 6.07 Å². The summed E-state index contributed by atoms with van der Waals surface area (Å²) in [5, 5.41) is 14.7. The number of aryl methyl sites for hydroxylation is 1. The number of rotatable bonds is 2. The van der Waals surface area contributed by atoms with Crippen molar-refractivity contribution in [2.75, 3.05) is 0 Å². The van der Waals surface area contributed by atoms with E-state index in [1.54, 1.807) is 11.7 Å². The zero-order valence-electron chi connectivity index (χ0n) is 8.56. The second-order valence-corrected chi connectivity index (χ2v) is 4.69. The number of hydrogen-bond acceptors (Lipinski definition) is 2. The van der Waals surface area contributed by atoms with Gasteiger partial charge in [0.15, 0.2) is 0 Å². The average molecular weight is 302 g/mol. The predicted octanol–water partition coefficient (Wildman–Crippen LogP) is 2.92. The maximum absolute atomic E-state index is 10.2. The summed E-state index contributed by atoms with van der Waals surface area (Å²) >= 11 is 9.38. The van der Waals surface area contributed by atoms with E-state index in [-0.39, 0.29) is 0 Å². The summed E-state index contributed by atoms with van der Waals surface area (Å²) in [6.07, 6.45) is 0.743. The van der Waals surface area contributed by atoms with Crippen LogP contribution in [0.15, 0.2) is 34.9 Å². The number of hydrogen-bond donors (Lipinski definition) is 1. The summed E-state index contributed by atoms with van der Waals surface area (Å²) in [7, 11) is 1.75. The van der Waals surface area contributed by atoms with E-state index < -0.39 is 6.10 Å². The molecule has 1 unspecified atom stereocenters. The number of aliphatic hydroxyl groups is 1. The molecule has 3 nitrogen and oxygen atoms in total. The zero-order valence-corrected chi connectivity index (χ0v) is 10.9. The maximum atomic E-state index is 10.2. The van der Waals surface area contributed by atoms with Crippen molar-refractivity contribution in [2.24, 2.45) is 7.05 Å². The molecule has 0 aliphatic carbocycles. The molecule has 1 atom stereocenters. The molecule has 0 amide bonds. The molecular formula is C11H10BrClN2O. The Kier molecular flexibility index (Phi) is 3.33. The smallest absolute Gasteiger partial charge is 0.123 e. The second kappa shape index (κ2) is 4.57. The van der Waals surface area contributed by atoms with Crippen LogP contribution in [0.25, 0.3) is 0 Å². The van der Waals surface area contributed by atoms with Crippen molar-refractivity contribution in [3.05, 3.63) is 51.2 Å². The second-order valence-electron chi connectivity index (χ2n) is 3.43. The largest absolute Gasteiger partial charge is 0.382 e. The van der Waals surface area contributed by atoms with Crippen molar-refractivity contribution >= 4 is 27.5 Å². The van der Waals surface area contributed by atoms with Crippen molar-refractivity contribution in [3.63, 3.8) is 0 Å². The highest BCUT2D eigenvalue weighted by Gasteiger charge is 2.19. The molecule has 0 spiro atoms. The normalized spacial score (nSPS) is 12.8. The van der Waals surface area contributed by atoms with E-state index in [9.17, 15) is 5.11 Å². The van der Waals surface area contributed by atoms with Crippen LogP contribution < -0.4 is 0 Å². The van der Waals surface area contributed by atoms with Crippen molar-refractivity contribution in [1.82, 2.24) is 9.78 Å². The minimum atomic E-state index is -0.782. The molecule has 0 aliphatic heterocycles. The van der Waals surface area contributed by atoms with Gasteiger partial charge < -0.3 is 5.11 Å². The number of nitrogens with zero attached hydrogens (tertiary/aromatic N) is 2. The summed E-state index contributed by atoms with van der Waals surface area (Å²) in [6.45, 7) is 0. The highest BCUT2D eigenvalue weighted by Crippen LogP contribution is 2.31. The third kappa shape index (κ3) is 2.00. The molecule has 1 aromatic heterocycles. The standard InChI is InChI=1S/C11H10BrClN2O/c1-15-10(9(13)6-14-15)11(16)7-4-2-3-5-8(7)12/h2-6,11,16H,1H3. The maximum Gasteiger partial charge on any atom is 0.123 e. The lowest BCUT2D eigenvalue weighted by molar-refractivity contribution is 0.209. The Morgan fingerprint density at radius 1 is 1.44 bits per heavy atom. The lowest BCUT2D eigenvalue weighted by Gasteiger charge is -2.13. The lowest BCUT2D eigenvalue weighted by atomic mass is 10.1. The Morgan fingerprint density at radius 2 is 2.12 bits per heavy atom. The van der Waals surface area contributed by atoms with Gasteiger partial charge >= 0.3 is 0 Å². The van der Waals surface area contributed by atoms with Crippen molar-refractivity contribution < 1.29 is 5.11 Å². The first-order chi connectivity index (χ1) is 7.61. The van der Waals surface area contributed by atoms with Gasteiger partial charge in [0.05, 0.1) is 16.9 Å². The van der Waals surface area contributed by atoms with Gasteiger partial charge in [-0.25, -0.2) is 0 Å². The molecule has 16 heavy (non-hydrogen) atoms. The first-order valence-corrected chi connectivity index (χ1v) is 5.88. The fraction of sp³-hybridized carbons (Fsp3) is 0.182. The molecule has 0 saturated carbocycles. The third-order valence-corrected chi connectivity index (χ3v) is 3.41. The van der Waals surface area contributed by atoms with E-state index in [2.05, 4.69) is 21.0 Å². The van der Waals surface area contributed by atoms with Crippen molar-refractivity contribution in [3.8, 4) is 0 Å². The van der Waals surface area contributed by atoms with Gasteiger partial charge in [0.2, 0.25) is 0 Å². The van der Waals surface area contributed by atoms with Crippen molar-refractivity contribution in [2.45, 2.75) is 6.10 Å². The molecule has 0 radical (unpaired) electrons. The number of aromatic nitrogens is 2. The molecule has 0 bridgehead atoms. The fourth-order valence-corrected chi connectivity index (χ4v) is 2.34. The van der Waals surface area contributed by atoms with E-state index in [0.29, 0.717) is 10.7 Å². The Morgan fingerprint density at radius 3 is 2.69 bits per heavy atom. The van der Waals surface area contributed by atoms with E-state index in [0.717, 1.165) is 10.0 Å². The molecular weight excluding hydrogens is 291 g/mol. The van der Waals surface area contributed by atoms with E-state index in [1.165, 1.54) is 6.20 Å². The SMILES string of the molecule is Cn1ncc(Cl)c1C(O)c1ccccc1Br. The molecule has 5 heteroatoms. The molecule has 1 aromatic carbocycles. The highest BCUT2D eigenvalue weighted by atomic mass is 79.9. The zero-order chi connectivity index (χ0) is 11.7. The Bertz CT molecular complexity index is 493. The lowest BCUT2D eigenvalue weighted by Crippen LogP contribution is -2.07. The van der Waals surface area contributed by atoms with Gasteiger partial charge in [0.25, 0.3) is 0 Å². The van der Waals surface area contributed by atoms with Crippen LogP contribution in [0.5, 0.6) is 0 Å². The number of halogens is 2. The fourth-order valence-electron chi connectivity index (χ4n) is 1.57. The van der Waals surface area contributed by atoms with Gasteiger partial charge in [0.1, 0.15) is 6.10 Å². The van der Waals surface area contributed by atoms with Gasteiger partial charge in [-0.15, -0.1) is 0 Å². The highest BCUT2D eigenvalue weighted by molar-refractivity contribution is 9.10. The summed E-state index contributed by atoms with van der Waals surface area (Å²) in [5.74, 6) is 0. The molecule has 0 saturated heterocycles. The summed E-state index contributed by atoms with van der Waals surface area (Å²) in [6, 6.07) is 7.49. The van der Waals surface area contributed by atoms with E-state index in [1.807, 2.05) is 24.3 Å². The Balaban J connectivity index is 2.47. The topological polar surface area (TPSA) is 38.0 Å². The number of benzene rings is 1. The van der Waals surface area contributed by atoms with E-state index in [4.69, 9.17) is 11.6 Å². The monoisotopic (exact) mass is 300 g/mol. The molecule has 2 rings (SSSR count). The Labute approximate surface area is 107 Å². The van der Waals surface area contributed by atoms with Gasteiger partial charge in [0, 0.05) is 17.1 Å². The molecule has 84 valence electrons. The average Bonchev–Trinajstić information content (AvgIpc) is 2.58.